The standard InChI is InChI=1S/C24H31NO/c1-2-3-14-23(19-10-6-4-7-11-19)25-21-15-16-22(25)18-24(26,17-21)20-12-8-5-9-13-20/h4-13,21-23,26H,2-3,14-18H2,1H3. The van der Waals surface area contributed by atoms with Gasteiger partial charge in [0.2, 0.25) is 0 Å². The lowest BCUT2D eigenvalue weighted by Crippen LogP contribution is -2.50. The van der Waals surface area contributed by atoms with E-state index >= 15 is 0 Å². The molecule has 2 aromatic carbocycles. The fourth-order valence-electron chi connectivity index (χ4n) is 5.31. The number of hydrogen-bond acceptors (Lipinski definition) is 2. The van der Waals surface area contributed by atoms with Crippen LogP contribution >= 0.6 is 0 Å². The molecule has 3 atom stereocenters. The van der Waals surface area contributed by atoms with E-state index in [9.17, 15) is 5.11 Å². The highest BCUT2D eigenvalue weighted by Gasteiger charge is 2.50. The van der Waals surface area contributed by atoms with Crippen LogP contribution in [0.25, 0.3) is 0 Å². The summed E-state index contributed by atoms with van der Waals surface area (Å²) in [5.41, 5.74) is 1.89. The summed E-state index contributed by atoms with van der Waals surface area (Å²) in [7, 11) is 0. The number of nitrogens with zero attached hydrogens (tertiary/aromatic N) is 1. The molecule has 26 heavy (non-hydrogen) atoms. The molecule has 0 aromatic heterocycles. The molecule has 0 radical (unpaired) electrons. The lowest BCUT2D eigenvalue weighted by molar-refractivity contribution is -0.0716. The number of rotatable bonds is 6. The highest BCUT2D eigenvalue weighted by molar-refractivity contribution is 5.26. The van der Waals surface area contributed by atoms with Gasteiger partial charge in [-0.05, 0) is 43.2 Å². The molecule has 2 heteroatoms. The third-order valence-electron chi connectivity index (χ3n) is 6.51. The van der Waals surface area contributed by atoms with Crippen LogP contribution in [-0.4, -0.2) is 22.1 Å². The first kappa shape index (κ1) is 17.8. The summed E-state index contributed by atoms with van der Waals surface area (Å²) in [5, 5.41) is 11.4. The first-order valence-corrected chi connectivity index (χ1v) is 10.3. The molecule has 0 amide bonds. The Balaban J connectivity index is 1.60. The number of hydrogen-bond donors (Lipinski definition) is 1. The Labute approximate surface area is 157 Å². The molecule has 0 saturated carbocycles. The highest BCUT2D eigenvalue weighted by Crippen LogP contribution is 2.49. The Morgan fingerprint density at radius 3 is 2.12 bits per heavy atom. The van der Waals surface area contributed by atoms with Crippen molar-refractivity contribution < 1.29 is 5.11 Å². The van der Waals surface area contributed by atoms with Crippen molar-refractivity contribution in [3.05, 3.63) is 71.8 Å². The first-order valence-electron chi connectivity index (χ1n) is 10.3. The molecule has 2 aliphatic heterocycles. The van der Waals surface area contributed by atoms with Crippen molar-refractivity contribution in [1.29, 1.82) is 0 Å². The van der Waals surface area contributed by atoms with Gasteiger partial charge in [0.1, 0.15) is 0 Å². The van der Waals surface area contributed by atoms with Crippen molar-refractivity contribution in [3.8, 4) is 0 Å². The van der Waals surface area contributed by atoms with Crippen LogP contribution in [0.5, 0.6) is 0 Å². The van der Waals surface area contributed by atoms with Crippen LogP contribution in [0.3, 0.4) is 0 Å². The smallest absolute Gasteiger partial charge is 0.0926 e. The van der Waals surface area contributed by atoms with Crippen LogP contribution in [-0.2, 0) is 5.60 Å². The number of piperidine rings is 1. The Kier molecular flexibility index (Phi) is 5.15. The highest BCUT2D eigenvalue weighted by atomic mass is 16.3. The van der Waals surface area contributed by atoms with Gasteiger partial charge in [0.15, 0.2) is 0 Å². The van der Waals surface area contributed by atoms with E-state index in [4.69, 9.17) is 0 Å². The Morgan fingerprint density at radius 1 is 0.962 bits per heavy atom. The molecule has 2 heterocycles. The molecule has 2 saturated heterocycles. The molecule has 4 rings (SSSR count). The van der Waals surface area contributed by atoms with Crippen LogP contribution in [0.4, 0.5) is 0 Å². The number of unbranched alkanes of at least 4 members (excludes halogenated alkanes) is 1. The second-order valence-electron chi connectivity index (χ2n) is 8.21. The Bertz CT molecular complexity index is 685. The Hall–Kier alpha value is -1.64. The normalized spacial score (nSPS) is 29.6. The zero-order chi connectivity index (χ0) is 18.0. The average molecular weight is 350 g/mol. The van der Waals surface area contributed by atoms with E-state index in [2.05, 4.69) is 66.4 Å². The van der Waals surface area contributed by atoms with Crippen molar-refractivity contribution in [2.75, 3.05) is 0 Å². The van der Waals surface area contributed by atoms with Gasteiger partial charge in [-0.15, -0.1) is 0 Å². The topological polar surface area (TPSA) is 23.5 Å². The summed E-state index contributed by atoms with van der Waals surface area (Å²) >= 11 is 0. The molecule has 0 aliphatic carbocycles. The second-order valence-corrected chi connectivity index (χ2v) is 8.21. The summed E-state index contributed by atoms with van der Waals surface area (Å²) in [6.07, 6.45) is 7.88. The fraction of sp³-hybridized carbons (Fsp3) is 0.500. The maximum absolute atomic E-state index is 11.4. The number of benzene rings is 2. The largest absolute Gasteiger partial charge is 0.385 e. The third-order valence-corrected chi connectivity index (χ3v) is 6.51. The summed E-state index contributed by atoms with van der Waals surface area (Å²) in [6, 6.07) is 22.8. The van der Waals surface area contributed by atoms with Crippen molar-refractivity contribution in [2.45, 2.75) is 75.6 Å². The molecule has 2 fully saturated rings. The molecule has 0 spiro atoms. The van der Waals surface area contributed by atoms with Gasteiger partial charge in [-0.2, -0.15) is 0 Å². The minimum Gasteiger partial charge on any atom is -0.385 e. The van der Waals surface area contributed by atoms with Gasteiger partial charge in [0.05, 0.1) is 5.60 Å². The molecule has 2 nitrogen and oxygen atoms in total. The Morgan fingerprint density at radius 2 is 1.54 bits per heavy atom. The SMILES string of the molecule is CCCCC(c1ccccc1)N1C2CCC1CC(O)(c1ccccc1)C2. The summed E-state index contributed by atoms with van der Waals surface area (Å²) in [4.78, 5) is 2.77. The van der Waals surface area contributed by atoms with Gasteiger partial charge < -0.3 is 5.11 Å². The van der Waals surface area contributed by atoms with Crippen LogP contribution in [0, 0.1) is 0 Å². The second kappa shape index (κ2) is 7.54. The zero-order valence-corrected chi connectivity index (χ0v) is 15.8. The molecule has 2 bridgehead atoms. The monoisotopic (exact) mass is 349 g/mol. The zero-order valence-electron chi connectivity index (χ0n) is 15.8. The minimum atomic E-state index is -0.657. The van der Waals surface area contributed by atoms with E-state index in [0.29, 0.717) is 18.1 Å². The van der Waals surface area contributed by atoms with Gasteiger partial charge in [-0.3, -0.25) is 4.90 Å². The van der Waals surface area contributed by atoms with Crippen molar-refractivity contribution in [1.82, 2.24) is 4.90 Å². The van der Waals surface area contributed by atoms with E-state index in [0.717, 1.165) is 18.4 Å². The molecule has 2 aliphatic rings. The predicted octanol–water partition coefficient (Wildman–Crippen LogP) is 5.43. The van der Waals surface area contributed by atoms with Gasteiger partial charge in [-0.1, -0.05) is 80.4 Å². The molecular weight excluding hydrogens is 318 g/mol. The lowest BCUT2D eigenvalue weighted by Gasteiger charge is -2.47. The fourth-order valence-corrected chi connectivity index (χ4v) is 5.31. The quantitative estimate of drug-likeness (QED) is 0.751. The summed E-state index contributed by atoms with van der Waals surface area (Å²) in [6.45, 7) is 2.28. The minimum absolute atomic E-state index is 0.487. The summed E-state index contributed by atoms with van der Waals surface area (Å²) < 4.78 is 0. The van der Waals surface area contributed by atoms with E-state index < -0.39 is 5.60 Å². The molecule has 2 aromatic rings. The predicted molar refractivity (Wildman–Crippen MR) is 107 cm³/mol. The van der Waals surface area contributed by atoms with E-state index in [-0.39, 0.29) is 0 Å². The van der Waals surface area contributed by atoms with E-state index in [1.807, 2.05) is 6.07 Å². The molecular formula is C24H31NO. The maximum Gasteiger partial charge on any atom is 0.0926 e. The molecule has 138 valence electrons. The first-order chi connectivity index (χ1) is 12.7. The van der Waals surface area contributed by atoms with E-state index in [1.165, 1.54) is 37.7 Å². The van der Waals surface area contributed by atoms with Crippen molar-refractivity contribution >= 4 is 0 Å². The lowest BCUT2D eigenvalue weighted by atomic mass is 9.79. The van der Waals surface area contributed by atoms with Crippen molar-refractivity contribution in [2.24, 2.45) is 0 Å². The number of fused-ring (bicyclic) bond motifs is 2. The van der Waals surface area contributed by atoms with Crippen LogP contribution in [0.15, 0.2) is 60.7 Å². The third kappa shape index (κ3) is 3.33. The van der Waals surface area contributed by atoms with Crippen LogP contribution in [0.1, 0.15) is 69.0 Å². The van der Waals surface area contributed by atoms with E-state index in [1.54, 1.807) is 0 Å². The average Bonchev–Trinajstić information content (AvgIpc) is 2.95. The molecule has 3 unspecified atom stereocenters. The van der Waals surface area contributed by atoms with Gasteiger partial charge in [-0.25, -0.2) is 0 Å². The van der Waals surface area contributed by atoms with Gasteiger partial charge >= 0.3 is 0 Å². The number of aliphatic hydroxyl groups is 1. The molecule has 1 N–H and O–H groups in total. The van der Waals surface area contributed by atoms with Gasteiger partial charge in [0, 0.05) is 18.1 Å². The van der Waals surface area contributed by atoms with Gasteiger partial charge in [0.25, 0.3) is 0 Å². The van der Waals surface area contributed by atoms with Crippen LogP contribution in [0.2, 0.25) is 0 Å². The van der Waals surface area contributed by atoms with Crippen LogP contribution < -0.4 is 0 Å². The summed E-state index contributed by atoms with van der Waals surface area (Å²) in [5.74, 6) is 0. The maximum atomic E-state index is 11.4. The van der Waals surface area contributed by atoms with Crippen molar-refractivity contribution in [3.63, 3.8) is 0 Å².